The molecule has 0 saturated carbocycles. The molecule has 0 aliphatic rings. The van der Waals surface area contributed by atoms with E-state index < -0.39 is 5.78 Å². The van der Waals surface area contributed by atoms with Crippen LogP contribution in [0.15, 0.2) is 23.5 Å². The molecule has 0 saturated heterocycles. The maximum atomic E-state index is 11.4. The van der Waals surface area contributed by atoms with Crippen LogP contribution in [0, 0.1) is 0 Å². The minimum atomic E-state index is -0.395. The molecule has 0 aliphatic carbocycles. The molecule has 0 atom stereocenters. The van der Waals surface area contributed by atoms with Crippen molar-refractivity contribution in [3.63, 3.8) is 0 Å². The highest BCUT2D eigenvalue weighted by molar-refractivity contribution is 6.35. The molecule has 6 nitrogen and oxygen atoms in total. The van der Waals surface area contributed by atoms with Crippen LogP contribution in [0.4, 0.5) is 0 Å². The summed E-state index contributed by atoms with van der Waals surface area (Å²) in [5.74, 6) is 0.0927. The van der Waals surface area contributed by atoms with Crippen molar-refractivity contribution in [3.05, 3.63) is 23.9 Å². The second kappa shape index (κ2) is 9.03. The van der Waals surface area contributed by atoms with E-state index in [2.05, 4.69) is 28.9 Å². The van der Waals surface area contributed by atoms with Crippen LogP contribution in [0.3, 0.4) is 0 Å². The third kappa shape index (κ3) is 5.36. The van der Waals surface area contributed by atoms with E-state index in [0.29, 0.717) is 18.1 Å². The largest absolute Gasteiger partial charge is 0.478 e. The molecule has 1 rings (SSSR count). The van der Waals surface area contributed by atoms with E-state index >= 15 is 0 Å². The van der Waals surface area contributed by atoms with Crippen molar-refractivity contribution < 1.29 is 14.7 Å². The van der Waals surface area contributed by atoms with Crippen molar-refractivity contribution in [2.24, 2.45) is 5.16 Å². The Labute approximate surface area is 119 Å². The molecule has 1 aromatic rings. The molecule has 0 spiro atoms. The van der Waals surface area contributed by atoms with E-state index in [4.69, 9.17) is 9.94 Å². The highest BCUT2D eigenvalue weighted by Gasteiger charge is 2.04. The first-order valence-electron chi connectivity index (χ1n) is 6.74. The maximum absolute atomic E-state index is 11.4. The Morgan fingerprint density at radius 3 is 2.75 bits per heavy atom. The van der Waals surface area contributed by atoms with Crippen LogP contribution in [0.1, 0.15) is 30.6 Å². The summed E-state index contributed by atoms with van der Waals surface area (Å²) < 4.78 is 5.51. The molecule has 0 amide bonds. The van der Waals surface area contributed by atoms with E-state index in [9.17, 15) is 4.79 Å². The van der Waals surface area contributed by atoms with Crippen molar-refractivity contribution >= 4 is 12.0 Å². The van der Waals surface area contributed by atoms with Gasteiger partial charge in [0.2, 0.25) is 11.7 Å². The summed E-state index contributed by atoms with van der Waals surface area (Å²) in [5, 5.41) is 11.0. The molecule has 6 heteroatoms. The minimum absolute atomic E-state index is 0.360. The number of aromatic nitrogens is 1. The molecule has 0 unspecified atom stereocenters. The van der Waals surface area contributed by atoms with Gasteiger partial charge in [-0.05, 0) is 25.6 Å². The topological polar surface area (TPSA) is 75.0 Å². The second-order valence-corrected chi connectivity index (χ2v) is 4.22. The number of rotatable bonds is 9. The van der Waals surface area contributed by atoms with Crippen molar-refractivity contribution in [2.45, 2.75) is 20.3 Å². The zero-order valence-corrected chi connectivity index (χ0v) is 12.0. The SMILES string of the molecule is CCN(CC)CCCOc1ccc(C(=O)/C=N/O)cn1. The molecule has 1 heterocycles. The fourth-order valence-electron chi connectivity index (χ4n) is 1.74. The highest BCUT2D eigenvalue weighted by Crippen LogP contribution is 2.08. The third-order valence-electron chi connectivity index (χ3n) is 2.96. The number of nitrogens with zero attached hydrogens (tertiary/aromatic N) is 3. The lowest BCUT2D eigenvalue weighted by molar-refractivity contribution is 0.106. The summed E-state index contributed by atoms with van der Waals surface area (Å²) in [5.41, 5.74) is 0.360. The van der Waals surface area contributed by atoms with E-state index in [0.717, 1.165) is 32.3 Å². The lowest BCUT2D eigenvalue weighted by atomic mass is 10.2. The van der Waals surface area contributed by atoms with Gasteiger partial charge in [0, 0.05) is 24.4 Å². The Balaban J connectivity index is 2.37. The van der Waals surface area contributed by atoms with E-state index in [1.807, 2.05) is 0 Å². The lowest BCUT2D eigenvalue weighted by Gasteiger charge is -2.17. The first-order valence-corrected chi connectivity index (χ1v) is 6.74. The van der Waals surface area contributed by atoms with Crippen molar-refractivity contribution in [2.75, 3.05) is 26.2 Å². The number of ketones is 1. The van der Waals surface area contributed by atoms with Gasteiger partial charge < -0.3 is 14.8 Å². The Hall–Kier alpha value is -1.95. The number of hydrogen-bond donors (Lipinski definition) is 1. The van der Waals surface area contributed by atoms with Gasteiger partial charge in [0.15, 0.2) is 0 Å². The van der Waals surface area contributed by atoms with Crippen LogP contribution in [0.25, 0.3) is 0 Å². The first kappa shape index (κ1) is 16.1. The number of carbonyl (C=O) groups is 1. The summed E-state index contributed by atoms with van der Waals surface area (Å²) in [7, 11) is 0. The van der Waals surface area contributed by atoms with Gasteiger partial charge in [0.25, 0.3) is 0 Å². The molecule has 0 bridgehead atoms. The molecule has 0 aromatic carbocycles. The molecule has 110 valence electrons. The summed E-state index contributed by atoms with van der Waals surface area (Å²) in [6, 6.07) is 3.23. The monoisotopic (exact) mass is 279 g/mol. The second-order valence-electron chi connectivity index (χ2n) is 4.22. The van der Waals surface area contributed by atoms with Gasteiger partial charge >= 0.3 is 0 Å². The number of Topliss-reactive ketones (excluding diaryl/α,β-unsaturated/α-hetero) is 1. The molecule has 20 heavy (non-hydrogen) atoms. The van der Waals surface area contributed by atoms with Crippen molar-refractivity contribution in [3.8, 4) is 5.88 Å². The average molecular weight is 279 g/mol. The van der Waals surface area contributed by atoms with E-state index in [1.54, 1.807) is 12.1 Å². The average Bonchev–Trinajstić information content (AvgIpc) is 2.48. The smallest absolute Gasteiger partial charge is 0.213 e. The van der Waals surface area contributed by atoms with Gasteiger partial charge in [-0.1, -0.05) is 19.0 Å². The normalized spacial score (nSPS) is 11.2. The van der Waals surface area contributed by atoms with Crippen LogP contribution in [0.2, 0.25) is 0 Å². The first-order chi connectivity index (χ1) is 9.71. The third-order valence-corrected chi connectivity index (χ3v) is 2.96. The van der Waals surface area contributed by atoms with Crippen LogP contribution < -0.4 is 4.74 Å². The predicted molar refractivity (Wildman–Crippen MR) is 76.7 cm³/mol. The fourth-order valence-corrected chi connectivity index (χ4v) is 1.74. The summed E-state index contributed by atoms with van der Waals surface area (Å²) in [4.78, 5) is 17.7. The molecule has 1 N–H and O–H groups in total. The summed E-state index contributed by atoms with van der Waals surface area (Å²) >= 11 is 0. The maximum Gasteiger partial charge on any atom is 0.213 e. The molecule has 0 fully saturated rings. The molecular formula is C14H21N3O3. The number of carbonyl (C=O) groups excluding carboxylic acids is 1. The molecule has 0 aliphatic heterocycles. The molecule has 1 aromatic heterocycles. The van der Waals surface area contributed by atoms with Gasteiger partial charge in [-0.3, -0.25) is 4.79 Å². The highest BCUT2D eigenvalue weighted by atomic mass is 16.5. The van der Waals surface area contributed by atoms with Gasteiger partial charge in [0.1, 0.15) is 6.21 Å². The van der Waals surface area contributed by atoms with Crippen molar-refractivity contribution in [1.29, 1.82) is 0 Å². The Morgan fingerprint density at radius 1 is 1.45 bits per heavy atom. The minimum Gasteiger partial charge on any atom is -0.478 e. The van der Waals surface area contributed by atoms with Crippen LogP contribution >= 0.6 is 0 Å². The number of oxime groups is 1. The fraction of sp³-hybridized carbons (Fsp3) is 0.500. The van der Waals surface area contributed by atoms with Gasteiger partial charge in [-0.15, -0.1) is 0 Å². The Bertz CT molecular complexity index is 428. The number of ether oxygens (including phenoxy) is 1. The number of pyridine rings is 1. The van der Waals surface area contributed by atoms with E-state index in [1.165, 1.54) is 6.20 Å². The van der Waals surface area contributed by atoms with E-state index in [-0.39, 0.29) is 0 Å². The predicted octanol–water partition coefficient (Wildman–Crippen LogP) is 1.83. The zero-order valence-electron chi connectivity index (χ0n) is 12.0. The zero-order chi connectivity index (χ0) is 14.8. The van der Waals surface area contributed by atoms with Crippen LogP contribution in [-0.2, 0) is 0 Å². The van der Waals surface area contributed by atoms with Gasteiger partial charge in [0.05, 0.1) is 6.61 Å². The van der Waals surface area contributed by atoms with Crippen molar-refractivity contribution in [1.82, 2.24) is 9.88 Å². The van der Waals surface area contributed by atoms with Crippen LogP contribution in [0.5, 0.6) is 5.88 Å². The number of hydrogen-bond acceptors (Lipinski definition) is 6. The van der Waals surface area contributed by atoms with Gasteiger partial charge in [-0.25, -0.2) is 4.98 Å². The van der Waals surface area contributed by atoms with Crippen LogP contribution in [-0.4, -0.2) is 53.3 Å². The van der Waals surface area contributed by atoms with Gasteiger partial charge in [-0.2, -0.15) is 0 Å². The quantitative estimate of drug-likeness (QED) is 0.245. The molecule has 0 radical (unpaired) electrons. The Kier molecular flexibility index (Phi) is 7.27. The Morgan fingerprint density at radius 2 is 2.20 bits per heavy atom. The lowest BCUT2D eigenvalue weighted by Crippen LogP contribution is -2.25. The summed E-state index contributed by atoms with van der Waals surface area (Å²) in [6.45, 7) is 7.94. The summed E-state index contributed by atoms with van der Waals surface area (Å²) in [6.07, 6.45) is 3.17. The standard InChI is InChI=1S/C14H21N3O3/c1-3-17(4-2)8-5-9-20-14-7-6-12(10-15-14)13(18)11-16-19/h6-7,10-11,19H,3-5,8-9H2,1-2H3/b16-11+. The molecular weight excluding hydrogens is 258 g/mol.